The van der Waals surface area contributed by atoms with Gasteiger partial charge in [0.15, 0.2) is 18.2 Å². The number of carbonyl (C=O) groups is 1. The van der Waals surface area contributed by atoms with Crippen LogP contribution in [0.5, 0.6) is 0 Å². The lowest BCUT2D eigenvalue weighted by Gasteiger charge is -2.31. The molecule has 29 heavy (non-hydrogen) atoms. The summed E-state index contributed by atoms with van der Waals surface area (Å²) in [6, 6.07) is 11.9. The number of halogens is 2. The van der Waals surface area contributed by atoms with E-state index < -0.39 is 11.6 Å². The van der Waals surface area contributed by atoms with Crippen molar-refractivity contribution in [3.05, 3.63) is 64.7 Å². The zero-order valence-corrected chi connectivity index (χ0v) is 17.1. The van der Waals surface area contributed by atoms with Gasteiger partial charge in [-0.1, -0.05) is 12.1 Å². The van der Waals surface area contributed by atoms with Gasteiger partial charge in [0.05, 0.1) is 15.2 Å². The van der Waals surface area contributed by atoms with E-state index in [0.717, 1.165) is 36.0 Å². The van der Waals surface area contributed by atoms with Gasteiger partial charge in [0.2, 0.25) is 0 Å². The van der Waals surface area contributed by atoms with Crippen molar-refractivity contribution >= 4 is 27.5 Å². The van der Waals surface area contributed by atoms with Gasteiger partial charge in [0.1, 0.15) is 6.04 Å². The highest BCUT2D eigenvalue weighted by atomic mass is 32.1. The Morgan fingerprint density at radius 1 is 1.28 bits per heavy atom. The van der Waals surface area contributed by atoms with Gasteiger partial charge in [-0.15, -0.1) is 11.3 Å². The third-order valence-electron chi connectivity index (χ3n) is 5.55. The number of benzene rings is 2. The third-order valence-corrected chi connectivity index (χ3v) is 6.75. The number of nitrogens with two attached hydrogens (primary N) is 1. The van der Waals surface area contributed by atoms with Gasteiger partial charge in [-0.25, -0.2) is 13.8 Å². The van der Waals surface area contributed by atoms with Gasteiger partial charge >= 0.3 is 0 Å². The van der Waals surface area contributed by atoms with Gasteiger partial charge in [-0.3, -0.25) is 4.79 Å². The number of amides is 1. The molecular weight excluding hydrogens is 392 g/mol. The minimum atomic E-state index is -0.858. The lowest BCUT2D eigenvalue weighted by atomic mass is 9.98. The zero-order chi connectivity index (χ0) is 20.4. The van der Waals surface area contributed by atoms with E-state index in [4.69, 9.17) is 4.98 Å². The topological polar surface area (TPSA) is 49.8 Å². The lowest BCUT2D eigenvalue weighted by molar-refractivity contribution is -0.683. The largest absolute Gasteiger partial charge is 0.337 e. The van der Waals surface area contributed by atoms with E-state index in [2.05, 4.69) is 6.07 Å². The Kier molecular flexibility index (Phi) is 5.87. The molecular formula is C22H24F2N3OS+. The van der Waals surface area contributed by atoms with Crippen LogP contribution >= 0.6 is 11.3 Å². The van der Waals surface area contributed by atoms with Crippen LogP contribution in [0.1, 0.15) is 42.3 Å². The van der Waals surface area contributed by atoms with Gasteiger partial charge in [-0.2, -0.15) is 0 Å². The first-order chi connectivity index (χ1) is 14.0. The monoisotopic (exact) mass is 416 g/mol. The molecule has 1 aromatic heterocycles. The SMILES string of the molecule is C[C@H]([NH2+]CC(=O)N1CCC[C@@H](c2nc3ccccc3s2)C1)c1ccc(F)c(F)c1. The fourth-order valence-corrected chi connectivity index (χ4v) is 4.90. The van der Waals surface area contributed by atoms with E-state index in [1.165, 1.54) is 10.8 Å². The first-order valence-corrected chi connectivity index (χ1v) is 10.7. The molecule has 0 unspecified atom stereocenters. The van der Waals surface area contributed by atoms with E-state index in [0.29, 0.717) is 12.1 Å². The summed E-state index contributed by atoms with van der Waals surface area (Å²) in [6.07, 6.45) is 2.00. The quantitative estimate of drug-likeness (QED) is 0.691. The minimum Gasteiger partial charge on any atom is -0.337 e. The summed E-state index contributed by atoms with van der Waals surface area (Å²) in [4.78, 5) is 19.4. The van der Waals surface area contributed by atoms with E-state index in [-0.39, 0.29) is 24.4 Å². The molecule has 152 valence electrons. The predicted molar refractivity (Wildman–Crippen MR) is 110 cm³/mol. The summed E-state index contributed by atoms with van der Waals surface area (Å²) in [7, 11) is 0. The number of carbonyl (C=O) groups excluding carboxylic acids is 1. The maximum atomic E-state index is 13.4. The average molecular weight is 417 g/mol. The Labute approximate surface area is 172 Å². The summed E-state index contributed by atoms with van der Waals surface area (Å²) < 4.78 is 27.7. The van der Waals surface area contributed by atoms with Crippen LogP contribution in [-0.4, -0.2) is 35.4 Å². The maximum Gasteiger partial charge on any atom is 0.277 e. The van der Waals surface area contributed by atoms with Crippen molar-refractivity contribution in [2.75, 3.05) is 19.6 Å². The van der Waals surface area contributed by atoms with Crippen LogP contribution in [0, 0.1) is 11.6 Å². The highest BCUT2D eigenvalue weighted by molar-refractivity contribution is 7.18. The molecule has 0 radical (unpaired) electrons. The van der Waals surface area contributed by atoms with Gasteiger partial charge in [0.25, 0.3) is 5.91 Å². The lowest BCUT2D eigenvalue weighted by Crippen LogP contribution is -2.87. The number of rotatable bonds is 5. The normalized spacial score (nSPS) is 18.2. The standard InChI is InChI=1S/C22H23F2N3OS/c1-14(15-8-9-17(23)18(24)11-15)25-12-21(28)27-10-4-5-16(13-27)22-26-19-6-2-3-7-20(19)29-22/h2-3,6-9,11,14,16,25H,4-5,10,12-13H2,1H3/p+1/t14-,16+/m0/s1. The van der Waals surface area contributed by atoms with E-state index in [9.17, 15) is 13.6 Å². The molecule has 2 N–H and O–H groups in total. The summed E-state index contributed by atoms with van der Waals surface area (Å²) in [5.74, 6) is -1.37. The number of para-hydroxylation sites is 1. The van der Waals surface area contributed by atoms with Crippen molar-refractivity contribution in [1.82, 2.24) is 9.88 Å². The van der Waals surface area contributed by atoms with Crippen molar-refractivity contribution in [3.8, 4) is 0 Å². The number of piperidine rings is 1. The Balaban J connectivity index is 1.36. The van der Waals surface area contributed by atoms with E-state index >= 15 is 0 Å². The minimum absolute atomic E-state index is 0.0743. The number of quaternary nitrogens is 1. The molecule has 4 rings (SSSR count). The molecule has 2 heterocycles. The molecule has 3 aromatic rings. The molecule has 1 saturated heterocycles. The second-order valence-electron chi connectivity index (χ2n) is 7.60. The molecule has 0 aliphatic carbocycles. The molecule has 1 fully saturated rings. The Morgan fingerprint density at radius 2 is 2.10 bits per heavy atom. The summed E-state index contributed by atoms with van der Waals surface area (Å²) in [5, 5.41) is 2.97. The van der Waals surface area contributed by atoms with Gasteiger partial charge in [-0.05, 0) is 50.1 Å². The van der Waals surface area contributed by atoms with Crippen molar-refractivity contribution in [2.24, 2.45) is 0 Å². The molecule has 1 aliphatic heterocycles. The molecule has 0 spiro atoms. The first kappa shape index (κ1) is 19.9. The molecule has 1 amide bonds. The fourth-order valence-electron chi connectivity index (χ4n) is 3.81. The molecule has 0 saturated carbocycles. The molecule has 2 aromatic carbocycles. The Hall–Kier alpha value is -2.38. The highest BCUT2D eigenvalue weighted by Crippen LogP contribution is 2.32. The number of likely N-dealkylation sites (tertiary alicyclic amines) is 1. The summed E-state index contributed by atoms with van der Waals surface area (Å²) in [6.45, 7) is 3.62. The third kappa shape index (κ3) is 4.46. The van der Waals surface area contributed by atoms with Crippen molar-refractivity contribution in [3.63, 3.8) is 0 Å². The number of fused-ring (bicyclic) bond motifs is 1. The molecule has 4 nitrogen and oxygen atoms in total. The second kappa shape index (κ2) is 8.55. The predicted octanol–water partition coefficient (Wildman–Crippen LogP) is 3.61. The second-order valence-corrected chi connectivity index (χ2v) is 8.66. The first-order valence-electron chi connectivity index (χ1n) is 9.93. The van der Waals surface area contributed by atoms with Crippen LogP contribution < -0.4 is 5.32 Å². The van der Waals surface area contributed by atoms with Crippen LogP contribution in [0.25, 0.3) is 10.2 Å². The number of thiazole rings is 1. The number of hydrogen-bond donors (Lipinski definition) is 1. The van der Waals surface area contributed by atoms with Crippen LogP contribution in [0.15, 0.2) is 42.5 Å². The van der Waals surface area contributed by atoms with Crippen molar-refractivity contribution < 1.29 is 18.9 Å². The van der Waals surface area contributed by atoms with Crippen LogP contribution in [-0.2, 0) is 4.79 Å². The smallest absolute Gasteiger partial charge is 0.277 e. The van der Waals surface area contributed by atoms with E-state index in [1.807, 2.05) is 35.3 Å². The van der Waals surface area contributed by atoms with Crippen LogP contribution in [0.4, 0.5) is 8.78 Å². The van der Waals surface area contributed by atoms with Gasteiger partial charge < -0.3 is 10.2 Å². The number of nitrogens with zero attached hydrogens (tertiary/aromatic N) is 2. The molecule has 1 aliphatic rings. The van der Waals surface area contributed by atoms with Gasteiger partial charge in [0, 0.05) is 24.6 Å². The van der Waals surface area contributed by atoms with Crippen molar-refractivity contribution in [1.29, 1.82) is 0 Å². The molecule has 2 atom stereocenters. The number of aromatic nitrogens is 1. The summed E-state index contributed by atoms with van der Waals surface area (Å²) in [5.41, 5.74) is 1.69. The van der Waals surface area contributed by atoms with Crippen LogP contribution in [0.3, 0.4) is 0 Å². The zero-order valence-electron chi connectivity index (χ0n) is 16.3. The van der Waals surface area contributed by atoms with Crippen molar-refractivity contribution in [2.45, 2.75) is 31.7 Å². The Morgan fingerprint density at radius 3 is 2.90 bits per heavy atom. The van der Waals surface area contributed by atoms with E-state index in [1.54, 1.807) is 17.4 Å². The molecule has 7 heteroatoms. The summed E-state index contributed by atoms with van der Waals surface area (Å²) >= 11 is 1.71. The highest BCUT2D eigenvalue weighted by Gasteiger charge is 2.28. The van der Waals surface area contributed by atoms with Crippen LogP contribution in [0.2, 0.25) is 0 Å². The molecule has 0 bridgehead atoms. The number of hydrogen-bond acceptors (Lipinski definition) is 3. The Bertz CT molecular complexity index is 989. The average Bonchev–Trinajstić information content (AvgIpc) is 3.18. The fraction of sp³-hybridized carbons (Fsp3) is 0.364. The maximum absolute atomic E-state index is 13.4.